The Bertz CT molecular complexity index is 2930. The number of nitrogens with zero attached hydrogens (tertiary/aromatic N) is 5. The number of benzene rings is 5. The average molecular weight is 926 g/mol. The first-order valence-corrected chi connectivity index (χ1v) is 22.2. The Kier molecular flexibility index (Phi) is 9.88. The summed E-state index contributed by atoms with van der Waals surface area (Å²) in [6, 6.07) is 52.2. The number of thiophene rings is 1. The van der Waals surface area contributed by atoms with E-state index in [0.717, 1.165) is 76.6 Å². The van der Waals surface area contributed by atoms with Crippen molar-refractivity contribution in [2.75, 3.05) is 0 Å². The number of pyridine rings is 2. The molecule has 5 aromatic heterocycles. The Hall–Kier alpha value is -5.57. The van der Waals surface area contributed by atoms with Crippen LogP contribution in [0.25, 0.3) is 82.0 Å². The van der Waals surface area contributed by atoms with Crippen LogP contribution in [0.4, 0.5) is 0 Å². The van der Waals surface area contributed by atoms with Gasteiger partial charge in [0.25, 0.3) is 0 Å². The number of fused-ring (bicyclic) bond motifs is 5. The second kappa shape index (κ2) is 14.9. The molecule has 0 atom stereocenters. The molecule has 0 saturated carbocycles. The molecule has 10 aromatic rings. The Labute approximate surface area is 338 Å². The molecule has 0 amide bonds. The molecule has 10 rings (SSSR count). The first-order valence-electron chi connectivity index (χ1n) is 17.9. The quantitative estimate of drug-likeness (QED) is 0.127. The molecule has 0 saturated heterocycles. The molecule has 0 N–H and O–H groups in total. The minimum Gasteiger partial charge on any atom is -0.488 e. The van der Waals surface area contributed by atoms with Crippen LogP contribution in [0.1, 0.15) is 5.89 Å². The monoisotopic (exact) mass is 926 g/mol. The number of aromatic nitrogens is 5. The van der Waals surface area contributed by atoms with E-state index in [1.165, 1.54) is 10.6 Å². The number of hydrogen-bond donors (Lipinski definition) is 0. The first-order chi connectivity index (χ1) is 26.3. The van der Waals surface area contributed by atoms with E-state index in [1.54, 1.807) is 11.3 Å². The molecular weight excluding hydrogens is 891 g/mol. The predicted molar refractivity (Wildman–Crippen MR) is 225 cm³/mol. The van der Waals surface area contributed by atoms with E-state index >= 15 is 0 Å². The molecule has 0 fully saturated rings. The van der Waals surface area contributed by atoms with Gasteiger partial charge in [-0.3, -0.25) is 4.98 Å². The van der Waals surface area contributed by atoms with Crippen LogP contribution < -0.4 is 5.19 Å². The molecule has 1 radical (unpaired) electrons. The van der Waals surface area contributed by atoms with Crippen molar-refractivity contribution in [3.8, 4) is 39.6 Å². The van der Waals surface area contributed by atoms with Gasteiger partial charge in [0.1, 0.15) is 4.83 Å². The number of hydrogen-bond acceptors (Lipinski definition) is 6. The molecule has 0 aliphatic heterocycles. The number of rotatable bonds is 5. The predicted octanol–water partition coefficient (Wildman–Crippen LogP) is 11.5. The van der Waals surface area contributed by atoms with Crippen LogP contribution in [0.2, 0.25) is 19.6 Å². The fourth-order valence-electron chi connectivity index (χ4n) is 6.77. The molecule has 5 aromatic carbocycles. The van der Waals surface area contributed by atoms with E-state index in [-0.39, 0.29) is 20.1 Å². The van der Waals surface area contributed by atoms with E-state index < -0.39 is 8.07 Å². The summed E-state index contributed by atoms with van der Waals surface area (Å²) in [7, 11) is -1.32. The van der Waals surface area contributed by atoms with Crippen molar-refractivity contribution in [2.45, 2.75) is 26.6 Å². The second-order valence-corrected chi connectivity index (χ2v) is 20.3. The van der Waals surface area contributed by atoms with Crippen LogP contribution in [0.15, 0.2) is 144 Å². The van der Waals surface area contributed by atoms with Gasteiger partial charge in [-0.1, -0.05) is 115 Å². The van der Waals surface area contributed by atoms with Crippen molar-refractivity contribution in [3.05, 3.63) is 158 Å². The van der Waals surface area contributed by atoms with Crippen LogP contribution in [0, 0.1) is 19.1 Å². The zero-order chi connectivity index (χ0) is 36.8. The fraction of sp³-hybridized carbons (Fsp3) is 0.0870. The van der Waals surface area contributed by atoms with Crippen molar-refractivity contribution in [1.82, 2.24) is 24.5 Å². The zero-order valence-electron chi connectivity index (χ0n) is 30.7. The summed E-state index contributed by atoms with van der Waals surface area (Å²) >= 11 is 1.71. The maximum Gasteiger partial charge on any atom is 0.180 e. The summed E-state index contributed by atoms with van der Waals surface area (Å²) in [6.45, 7) is 8.80. The summed E-state index contributed by atoms with van der Waals surface area (Å²) in [6.07, 6.45) is 1.98. The van der Waals surface area contributed by atoms with E-state index in [2.05, 4.69) is 131 Å². The third kappa shape index (κ3) is 6.96. The van der Waals surface area contributed by atoms with Crippen molar-refractivity contribution in [1.29, 1.82) is 0 Å². The Morgan fingerprint density at radius 2 is 1.36 bits per heavy atom. The van der Waals surface area contributed by atoms with E-state index in [4.69, 9.17) is 14.4 Å². The molecule has 5 heterocycles. The van der Waals surface area contributed by atoms with Crippen molar-refractivity contribution in [2.24, 2.45) is 0 Å². The zero-order valence-corrected chi connectivity index (χ0v) is 34.9. The molecule has 55 heavy (non-hydrogen) atoms. The van der Waals surface area contributed by atoms with Gasteiger partial charge in [-0.25, -0.2) is 9.97 Å². The minimum absolute atomic E-state index is 0. The average Bonchev–Trinajstić information content (AvgIpc) is 3.90. The van der Waals surface area contributed by atoms with Crippen LogP contribution in [-0.4, -0.2) is 32.6 Å². The van der Waals surface area contributed by atoms with Gasteiger partial charge in [-0.2, -0.15) is 11.3 Å². The van der Waals surface area contributed by atoms with Gasteiger partial charge in [-0.05, 0) is 51.3 Å². The summed E-state index contributed by atoms with van der Waals surface area (Å²) in [4.78, 5) is 20.0. The van der Waals surface area contributed by atoms with Crippen LogP contribution in [-0.2, 0) is 20.1 Å². The molecule has 6 nitrogen and oxygen atoms in total. The Morgan fingerprint density at radius 3 is 2.13 bits per heavy atom. The van der Waals surface area contributed by atoms with Crippen molar-refractivity contribution < 1.29 is 24.5 Å². The number of aryl methyl sites for hydroxylation is 1. The molecular formula is C46H35IrN5OSSi-2. The van der Waals surface area contributed by atoms with Gasteiger partial charge in [0.2, 0.25) is 0 Å². The second-order valence-electron chi connectivity index (χ2n) is 14.2. The minimum atomic E-state index is -1.32. The van der Waals surface area contributed by atoms with Crippen LogP contribution in [0.5, 0.6) is 0 Å². The molecule has 271 valence electrons. The molecule has 0 aliphatic rings. The van der Waals surface area contributed by atoms with Gasteiger partial charge in [0.15, 0.2) is 5.89 Å². The molecule has 0 bridgehead atoms. The summed E-state index contributed by atoms with van der Waals surface area (Å²) in [5, 5.41) is 3.70. The van der Waals surface area contributed by atoms with Gasteiger partial charge < -0.3 is 14.0 Å². The fourth-order valence-corrected chi connectivity index (χ4v) is 8.97. The van der Waals surface area contributed by atoms with Gasteiger partial charge >= 0.3 is 0 Å². The molecule has 0 aliphatic carbocycles. The largest absolute Gasteiger partial charge is 0.488 e. The van der Waals surface area contributed by atoms with E-state index in [1.807, 2.05) is 61.7 Å². The smallest absolute Gasteiger partial charge is 0.180 e. The van der Waals surface area contributed by atoms with E-state index in [0.29, 0.717) is 5.89 Å². The van der Waals surface area contributed by atoms with E-state index in [9.17, 15) is 0 Å². The van der Waals surface area contributed by atoms with Gasteiger partial charge in [0.05, 0.1) is 36.2 Å². The summed E-state index contributed by atoms with van der Waals surface area (Å²) in [5.74, 6) is 1.56. The Balaban J connectivity index is 0.000000175. The maximum absolute atomic E-state index is 5.68. The van der Waals surface area contributed by atoms with Gasteiger partial charge in [-0.15, -0.1) is 36.4 Å². The summed E-state index contributed by atoms with van der Waals surface area (Å²) < 4.78 is 9.06. The molecule has 0 spiro atoms. The van der Waals surface area contributed by atoms with Crippen molar-refractivity contribution >= 4 is 67.0 Å². The van der Waals surface area contributed by atoms with Crippen LogP contribution in [0.3, 0.4) is 0 Å². The van der Waals surface area contributed by atoms with Crippen molar-refractivity contribution in [3.63, 3.8) is 0 Å². The number of imidazole rings is 1. The molecule has 9 heteroatoms. The third-order valence-corrected chi connectivity index (χ3v) is 12.7. The molecule has 0 unspecified atom stereocenters. The number of para-hydroxylation sites is 3. The maximum atomic E-state index is 5.68. The first kappa shape index (κ1) is 36.4. The van der Waals surface area contributed by atoms with Gasteiger partial charge in [0, 0.05) is 50.0 Å². The third-order valence-electron chi connectivity index (χ3n) is 9.51. The number of oxazole rings is 1. The van der Waals surface area contributed by atoms with Crippen LogP contribution >= 0.6 is 11.3 Å². The normalized spacial score (nSPS) is 11.5. The standard InChI is InChI=1S/C30H18N3S.C16H17N2OSi.Ir/c1-3-10-20(11-4-1)25-19-18-23-22-14-9-15-24(28(22)34-30(23)32-25)29-31-26-16-7-8-17-27(26)33(29)21-12-5-2-6-13-21;1-11-18-15-7-5-6-13(16(15)19-11)14-9-8-12(10-17-14)20(2,3)4;/h1-14,16-19H;5,7-10H,1-4H3;/q2*-1;. The SMILES string of the molecule is Cc1nc2cc[c-]c(-c3ccc([Si](C)(C)C)cn3)c2o1.[Ir].[c-]1ccc2c(sc3nc(-c4ccccc4)ccc32)c1-c1nc2ccccc2n1-c1ccccc1. The topological polar surface area (TPSA) is 69.6 Å². The Morgan fingerprint density at radius 1 is 0.655 bits per heavy atom. The summed E-state index contributed by atoms with van der Waals surface area (Å²) in [5.41, 5.74) is 9.63.